The molecule has 0 N–H and O–H groups in total. The first kappa shape index (κ1) is 17.9. The monoisotopic (exact) mass is 402 g/mol. The molecule has 1 aliphatic rings. The van der Waals surface area contributed by atoms with Crippen LogP contribution in [0.3, 0.4) is 0 Å². The molecule has 2 aromatic heterocycles. The third-order valence-corrected chi connectivity index (χ3v) is 5.11. The van der Waals surface area contributed by atoms with Crippen molar-refractivity contribution < 1.29 is 4.79 Å². The predicted octanol–water partition coefficient (Wildman–Crippen LogP) is 3.38. The molecule has 5 nitrogen and oxygen atoms in total. The van der Waals surface area contributed by atoms with E-state index in [-0.39, 0.29) is 5.91 Å². The van der Waals surface area contributed by atoms with Gasteiger partial charge in [-0.05, 0) is 59.5 Å². The molecule has 0 aliphatic carbocycles. The summed E-state index contributed by atoms with van der Waals surface area (Å²) in [6, 6.07) is 5.87. The third-order valence-electron chi connectivity index (χ3n) is 4.66. The van der Waals surface area contributed by atoms with Crippen LogP contribution in [0.1, 0.15) is 34.1 Å². The van der Waals surface area contributed by atoms with Crippen LogP contribution in [0.5, 0.6) is 0 Å². The summed E-state index contributed by atoms with van der Waals surface area (Å²) in [5.41, 5.74) is 3.90. The van der Waals surface area contributed by atoms with Gasteiger partial charge in [-0.3, -0.25) is 4.79 Å². The van der Waals surface area contributed by atoms with Gasteiger partial charge in [-0.1, -0.05) is 13.0 Å². The molecule has 1 aliphatic heterocycles. The lowest BCUT2D eigenvalue weighted by Crippen LogP contribution is -2.49. The van der Waals surface area contributed by atoms with Crippen molar-refractivity contribution in [1.82, 2.24) is 14.9 Å². The highest BCUT2D eigenvalue weighted by molar-refractivity contribution is 9.10. The number of hydrogen-bond acceptors (Lipinski definition) is 4. The minimum atomic E-state index is 0.0585. The lowest BCUT2D eigenvalue weighted by atomic mass is 10.1. The number of rotatable bonds is 3. The van der Waals surface area contributed by atoms with E-state index < -0.39 is 0 Å². The third kappa shape index (κ3) is 3.84. The number of piperazine rings is 1. The van der Waals surface area contributed by atoms with E-state index in [0.717, 1.165) is 35.6 Å². The first-order valence-electron chi connectivity index (χ1n) is 8.62. The maximum absolute atomic E-state index is 12.8. The van der Waals surface area contributed by atoms with Gasteiger partial charge in [0.2, 0.25) is 0 Å². The minimum absolute atomic E-state index is 0.0585. The molecule has 6 heteroatoms. The van der Waals surface area contributed by atoms with Gasteiger partial charge in [0, 0.05) is 32.4 Å². The first-order valence-corrected chi connectivity index (χ1v) is 9.41. The van der Waals surface area contributed by atoms with Crippen LogP contribution in [0.2, 0.25) is 0 Å². The van der Waals surface area contributed by atoms with Crippen molar-refractivity contribution >= 4 is 27.7 Å². The Morgan fingerprint density at radius 2 is 1.92 bits per heavy atom. The number of aromatic nitrogens is 2. The maximum Gasteiger partial charge on any atom is 0.255 e. The fourth-order valence-corrected chi connectivity index (χ4v) is 3.60. The fourth-order valence-electron chi connectivity index (χ4n) is 3.20. The molecule has 1 fully saturated rings. The quantitative estimate of drug-likeness (QED) is 0.738. The van der Waals surface area contributed by atoms with Gasteiger partial charge in [0.1, 0.15) is 10.4 Å². The number of carbonyl (C=O) groups excluding carboxylic acids is 1. The molecule has 3 rings (SSSR count). The van der Waals surface area contributed by atoms with E-state index in [0.29, 0.717) is 18.7 Å². The Labute approximate surface area is 157 Å². The van der Waals surface area contributed by atoms with Crippen molar-refractivity contribution in [2.45, 2.75) is 27.2 Å². The Balaban J connectivity index is 1.68. The predicted molar refractivity (Wildman–Crippen MR) is 103 cm³/mol. The molecule has 2 aromatic rings. The van der Waals surface area contributed by atoms with Crippen LogP contribution in [0.4, 0.5) is 5.82 Å². The van der Waals surface area contributed by atoms with Crippen molar-refractivity contribution in [2.24, 2.45) is 0 Å². The van der Waals surface area contributed by atoms with Gasteiger partial charge in [-0.15, -0.1) is 0 Å². The lowest BCUT2D eigenvalue weighted by Gasteiger charge is -2.36. The number of aryl methyl sites for hydroxylation is 3. The molecule has 0 unspecified atom stereocenters. The Kier molecular flexibility index (Phi) is 5.37. The fraction of sp³-hybridized carbons (Fsp3) is 0.421. The number of amides is 1. The molecule has 0 aromatic carbocycles. The SMILES string of the molecule is CCc1cnc(N2CCN(C(=O)c3ccc(Br)nc3C)CC2)c(C)c1. The minimum Gasteiger partial charge on any atom is -0.353 e. The summed E-state index contributed by atoms with van der Waals surface area (Å²) >= 11 is 3.34. The van der Waals surface area contributed by atoms with Crippen LogP contribution in [-0.4, -0.2) is 47.0 Å². The summed E-state index contributed by atoms with van der Waals surface area (Å²) in [6.45, 7) is 9.12. The van der Waals surface area contributed by atoms with Gasteiger partial charge in [0.05, 0.1) is 11.3 Å². The van der Waals surface area contributed by atoms with Gasteiger partial charge in [-0.2, -0.15) is 0 Å². The second-order valence-corrected chi connectivity index (χ2v) is 7.20. The van der Waals surface area contributed by atoms with Gasteiger partial charge in [0.25, 0.3) is 5.91 Å². The van der Waals surface area contributed by atoms with Gasteiger partial charge in [-0.25, -0.2) is 9.97 Å². The van der Waals surface area contributed by atoms with E-state index in [9.17, 15) is 4.79 Å². The van der Waals surface area contributed by atoms with Crippen LogP contribution >= 0.6 is 15.9 Å². The smallest absolute Gasteiger partial charge is 0.255 e. The molecule has 0 bridgehead atoms. The number of halogens is 1. The van der Waals surface area contributed by atoms with Gasteiger partial charge in [0.15, 0.2) is 0 Å². The summed E-state index contributed by atoms with van der Waals surface area (Å²) in [4.78, 5) is 25.9. The summed E-state index contributed by atoms with van der Waals surface area (Å²) in [7, 11) is 0. The van der Waals surface area contributed by atoms with Crippen molar-refractivity contribution in [1.29, 1.82) is 0 Å². The molecule has 3 heterocycles. The van der Waals surface area contributed by atoms with E-state index in [2.05, 4.69) is 50.7 Å². The summed E-state index contributed by atoms with van der Waals surface area (Å²) < 4.78 is 0.753. The molecule has 132 valence electrons. The van der Waals surface area contributed by atoms with E-state index in [1.54, 1.807) is 0 Å². The van der Waals surface area contributed by atoms with Crippen LogP contribution in [0.15, 0.2) is 29.0 Å². The average molecular weight is 403 g/mol. The van der Waals surface area contributed by atoms with E-state index >= 15 is 0 Å². The van der Waals surface area contributed by atoms with Crippen LogP contribution in [-0.2, 0) is 6.42 Å². The number of pyridine rings is 2. The van der Waals surface area contributed by atoms with Crippen molar-refractivity contribution in [3.8, 4) is 0 Å². The highest BCUT2D eigenvalue weighted by Gasteiger charge is 2.24. The topological polar surface area (TPSA) is 49.3 Å². The molecule has 1 saturated heterocycles. The summed E-state index contributed by atoms with van der Waals surface area (Å²) in [5.74, 6) is 1.09. The zero-order chi connectivity index (χ0) is 18.0. The first-order chi connectivity index (χ1) is 12.0. The molecule has 0 radical (unpaired) electrons. The average Bonchev–Trinajstić information content (AvgIpc) is 2.61. The number of nitrogens with zero attached hydrogens (tertiary/aromatic N) is 4. The van der Waals surface area contributed by atoms with E-state index in [1.807, 2.05) is 30.2 Å². The van der Waals surface area contributed by atoms with Gasteiger partial charge >= 0.3 is 0 Å². The van der Waals surface area contributed by atoms with Crippen molar-refractivity contribution in [3.63, 3.8) is 0 Å². The lowest BCUT2D eigenvalue weighted by molar-refractivity contribution is 0.0745. The standard InChI is InChI=1S/C19H23BrN4O/c1-4-15-11-13(2)18(21-12-15)23-7-9-24(10-8-23)19(25)16-5-6-17(20)22-14(16)3/h5-6,11-12H,4,7-10H2,1-3H3. The molecular formula is C19H23BrN4O. The summed E-state index contributed by atoms with van der Waals surface area (Å²) in [5, 5.41) is 0. The largest absolute Gasteiger partial charge is 0.353 e. The van der Waals surface area contributed by atoms with Crippen LogP contribution < -0.4 is 4.90 Å². The Morgan fingerprint density at radius 1 is 1.20 bits per heavy atom. The van der Waals surface area contributed by atoms with Crippen LogP contribution in [0.25, 0.3) is 0 Å². The molecule has 0 atom stereocenters. The second kappa shape index (κ2) is 7.52. The molecule has 25 heavy (non-hydrogen) atoms. The molecule has 0 saturated carbocycles. The van der Waals surface area contributed by atoms with Crippen LogP contribution in [0, 0.1) is 13.8 Å². The Morgan fingerprint density at radius 3 is 2.52 bits per heavy atom. The molecule has 0 spiro atoms. The van der Waals surface area contributed by atoms with Crippen molar-refractivity contribution in [2.75, 3.05) is 31.1 Å². The Bertz CT molecular complexity index is 785. The summed E-state index contributed by atoms with van der Waals surface area (Å²) in [6.07, 6.45) is 2.95. The number of carbonyl (C=O) groups is 1. The maximum atomic E-state index is 12.8. The number of hydrogen-bond donors (Lipinski definition) is 0. The highest BCUT2D eigenvalue weighted by Crippen LogP contribution is 2.21. The normalized spacial score (nSPS) is 14.7. The van der Waals surface area contributed by atoms with Crippen molar-refractivity contribution in [3.05, 3.63) is 51.4 Å². The zero-order valence-electron chi connectivity index (χ0n) is 14.9. The number of anilines is 1. The highest BCUT2D eigenvalue weighted by atomic mass is 79.9. The molecular weight excluding hydrogens is 380 g/mol. The van der Waals surface area contributed by atoms with E-state index in [1.165, 1.54) is 11.1 Å². The van der Waals surface area contributed by atoms with Gasteiger partial charge < -0.3 is 9.80 Å². The second-order valence-electron chi connectivity index (χ2n) is 6.38. The Hall–Kier alpha value is -1.95. The van der Waals surface area contributed by atoms with E-state index in [4.69, 9.17) is 0 Å². The molecule has 1 amide bonds. The zero-order valence-corrected chi connectivity index (χ0v) is 16.5.